The van der Waals surface area contributed by atoms with Crippen LogP contribution in [0.15, 0.2) is 23.1 Å². The SMILES string of the molecule is CCC(CC)(Cc1nc(-c2ccncn2)no1)C(=O)O. The predicted molar refractivity (Wildman–Crippen MR) is 69.7 cm³/mol. The molecule has 0 aliphatic heterocycles. The van der Waals surface area contributed by atoms with Gasteiger partial charge >= 0.3 is 5.97 Å². The van der Waals surface area contributed by atoms with Crippen molar-refractivity contribution in [3.05, 3.63) is 24.5 Å². The van der Waals surface area contributed by atoms with Crippen LogP contribution in [-0.2, 0) is 11.2 Å². The molecule has 7 heteroatoms. The first-order valence-corrected chi connectivity index (χ1v) is 6.43. The number of rotatable bonds is 6. The molecular formula is C13H16N4O3. The molecule has 106 valence electrons. The summed E-state index contributed by atoms with van der Waals surface area (Å²) in [5.41, 5.74) is -0.320. The number of hydrogen-bond donors (Lipinski definition) is 1. The molecule has 7 nitrogen and oxygen atoms in total. The standard InChI is InChI=1S/C13H16N4O3/c1-3-13(4-2,12(18)19)7-10-16-11(17-20-10)9-5-6-14-8-15-9/h5-6,8H,3-4,7H2,1-2H3,(H,18,19). The van der Waals surface area contributed by atoms with E-state index in [2.05, 4.69) is 20.1 Å². The topological polar surface area (TPSA) is 102 Å². The number of aromatic nitrogens is 4. The molecule has 0 saturated heterocycles. The lowest BCUT2D eigenvalue weighted by molar-refractivity contribution is -0.149. The molecule has 2 heterocycles. The summed E-state index contributed by atoms with van der Waals surface area (Å²) < 4.78 is 5.14. The lowest BCUT2D eigenvalue weighted by Crippen LogP contribution is -2.32. The third-order valence-electron chi connectivity index (χ3n) is 3.58. The van der Waals surface area contributed by atoms with Crippen molar-refractivity contribution >= 4 is 5.97 Å². The van der Waals surface area contributed by atoms with Crippen LogP contribution >= 0.6 is 0 Å². The number of carboxylic acids is 1. The molecule has 1 N–H and O–H groups in total. The number of nitrogens with zero attached hydrogens (tertiary/aromatic N) is 4. The van der Waals surface area contributed by atoms with Gasteiger partial charge in [-0.1, -0.05) is 19.0 Å². The van der Waals surface area contributed by atoms with E-state index in [1.54, 1.807) is 12.3 Å². The Morgan fingerprint density at radius 2 is 2.15 bits per heavy atom. The fourth-order valence-corrected chi connectivity index (χ4v) is 2.02. The zero-order valence-corrected chi connectivity index (χ0v) is 11.4. The molecule has 0 aromatic carbocycles. The van der Waals surface area contributed by atoms with E-state index in [1.807, 2.05) is 13.8 Å². The number of aliphatic carboxylic acids is 1. The molecule has 2 rings (SSSR count). The summed E-state index contributed by atoms with van der Waals surface area (Å²) in [4.78, 5) is 23.5. The van der Waals surface area contributed by atoms with E-state index in [9.17, 15) is 9.90 Å². The van der Waals surface area contributed by atoms with E-state index in [1.165, 1.54) is 6.33 Å². The van der Waals surface area contributed by atoms with Gasteiger partial charge in [-0.05, 0) is 18.9 Å². The Balaban J connectivity index is 2.23. The molecule has 0 aliphatic carbocycles. The zero-order valence-electron chi connectivity index (χ0n) is 11.4. The van der Waals surface area contributed by atoms with Crippen molar-refractivity contribution in [1.82, 2.24) is 20.1 Å². The van der Waals surface area contributed by atoms with Gasteiger partial charge < -0.3 is 9.63 Å². The van der Waals surface area contributed by atoms with E-state index >= 15 is 0 Å². The highest BCUT2D eigenvalue weighted by atomic mass is 16.5. The zero-order chi connectivity index (χ0) is 14.6. The minimum atomic E-state index is -0.866. The van der Waals surface area contributed by atoms with E-state index in [-0.39, 0.29) is 6.42 Å². The Labute approximate surface area is 116 Å². The molecule has 0 saturated carbocycles. The summed E-state index contributed by atoms with van der Waals surface area (Å²) in [7, 11) is 0. The largest absolute Gasteiger partial charge is 0.481 e. The molecule has 0 fully saturated rings. The maximum Gasteiger partial charge on any atom is 0.310 e. The van der Waals surface area contributed by atoms with E-state index in [0.29, 0.717) is 30.3 Å². The van der Waals surface area contributed by atoms with Crippen molar-refractivity contribution in [2.45, 2.75) is 33.1 Å². The summed E-state index contributed by atoms with van der Waals surface area (Å²) in [6.45, 7) is 3.69. The van der Waals surface area contributed by atoms with Crippen molar-refractivity contribution in [2.24, 2.45) is 5.41 Å². The van der Waals surface area contributed by atoms with E-state index in [4.69, 9.17) is 4.52 Å². The molecule has 0 unspecified atom stereocenters. The first kappa shape index (κ1) is 14.1. The summed E-state index contributed by atoms with van der Waals surface area (Å²) in [6.07, 6.45) is 4.20. The Morgan fingerprint density at radius 3 is 2.70 bits per heavy atom. The van der Waals surface area contributed by atoms with Gasteiger partial charge in [-0.15, -0.1) is 0 Å². The van der Waals surface area contributed by atoms with Crippen LogP contribution in [-0.4, -0.2) is 31.2 Å². The van der Waals surface area contributed by atoms with Crippen molar-refractivity contribution in [3.8, 4) is 11.5 Å². The van der Waals surface area contributed by atoms with Gasteiger partial charge in [-0.25, -0.2) is 9.97 Å². The number of carbonyl (C=O) groups is 1. The summed E-state index contributed by atoms with van der Waals surface area (Å²) in [6, 6.07) is 1.67. The van der Waals surface area contributed by atoms with E-state index in [0.717, 1.165) is 0 Å². The second-order valence-electron chi connectivity index (χ2n) is 4.58. The van der Waals surface area contributed by atoms with Crippen LogP contribution in [0.3, 0.4) is 0 Å². The van der Waals surface area contributed by atoms with Crippen LogP contribution in [0.2, 0.25) is 0 Å². The Bertz CT molecular complexity index is 578. The van der Waals surface area contributed by atoms with Gasteiger partial charge in [0, 0.05) is 12.6 Å². The van der Waals surface area contributed by atoms with Crippen molar-refractivity contribution < 1.29 is 14.4 Å². The lowest BCUT2D eigenvalue weighted by atomic mass is 9.79. The predicted octanol–water partition coefficient (Wildman–Crippen LogP) is 1.96. The lowest BCUT2D eigenvalue weighted by Gasteiger charge is -2.24. The van der Waals surface area contributed by atoms with Crippen LogP contribution in [0, 0.1) is 5.41 Å². The van der Waals surface area contributed by atoms with Gasteiger partial charge in [-0.2, -0.15) is 4.98 Å². The van der Waals surface area contributed by atoms with Gasteiger partial charge in [0.05, 0.1) is 5.41 Å². The number of carboxylic acid groups (broad SMARTS) is 1. The molecule has 0 bridgehead atoms. The summed E-state index contributed by atoms with van der Waals surface area (Å²) in [5, 5.41) is 13.2. The Morgan fingerprint density at radius 1 is 1.40 bits per heavy atom. The average molecular weight is 276 g/mol. The second-order valence-corrected chi connectivity index (χ2v) is 4.58. The Hall–Kier alpha value is -2.31. The van der Waals surface area contributed by atoms with Gasteiger partial charge in [0.2, 0.25) is 11.7 Å². The van der Waals surface area contributed by atoms with Gasteiger partial charge in [-0.3, -0.25) is 4.79 Å². The van der Waals surface area contributed by atoms with Crippen LogP contribution in [0.25, 0.3) is 11.5 Å². The van der Waals surface area contributed by atoms with E-state index < -0.39 is 11.4 Å². The molecule has 0 spiro atoms. The van der Waals surface area contributed by atoms with Gasteiger partial charge in [0.15, 0.2) is 0 Å². The molecule has 0 amide bonds. The molecule has 20 heavy (non-hydrogen) atoms. The van der Waals surface area contributed by atoms with Gasteiger partial charge in [0.25, 0.3) is 0 Å². The molecule has 2 aromatic rings. The average Bonchev–Trinajstić information content (AvgIpc) is 2.94. The fourth-order valence-electron chi connectivity index (χ4n) is 2.02. The summed E-state index contributed by atoms with van der Waals surface area (Å²) in [5.74, 6) is -0.192. The smallest absolute Gasteiger partial charge is 0.310 e. The van der Waals surface area contributed by atoms with Crippen LogP contribution < -0.4 is 0 Å². The molecular weight excluding hydrogens is 260 g/mol. The van der Waals surface area contributed by atoms with Crippen LogP contribution in [0.5, 0.6) is 0 Å². The monoisotopic (exact) mass is 276 g/mol. The second kappa shape index (κ2) is 5.77. The minimum Gasteiger partial charge on any atom is -0.481 e. The third-order valence-corrected chi connectivity index (χ3v) is 3.58. The molecule has 0 aliphatic rings. The first-order valence-electron chi connectivity index (χ1n) is 6.43. The van der Waals surface area contributed by atoms with Crippen molar-refractivity contribution in [1.29, 1.82) is 0 Å². The normalized spacial score (nSPS) is 11.5. The van der Waals surface area contributed by atoms with Crippen molar-refractivity contribution in [3.63, 3.8) is 0 Å². The minimum absolute atomic E-state index is 0.216. The molecule has 0 atom stereocenters. The Kier molecular flexibility index (Phi) is 4.07. The highest BCUT2D eigenvalue weighted by Gasteiger charge is 2.37. The van der Waals surface area contributed by atoms with Gasteiger partial charge in [0.1, 0.15) is 12.0 Å². The number of hydrogen-bond acceptors (Lipinski definition) is 6. The van der Waals surface area contributed by atoms with Crippen molar-refractivity contribution in [2.75, 3.05) is 0 Å². The highest BCUT2D eigenvalue weighted by Crippen LogP contribution is 2.31. The van der Waals surface area contributed by atoms with Crippen LogP contribution in [0.1, 0.15) is 32.6 Å². The first-order chi connectivity index (χ1) is 9.61. The third kappa shape index (κ3) is 2.66. The quantitative estimate of drug-likeness (QED) is 0.860. The molecule has 2 aromatic heterocycles. The highest BCUT2D eigenvalue weighted by molar-refractivity contribution is 5.74. The maximum absolute atomic E-state index is 11.5. The van der Waals surface area contributed by atoms with Crippen LogP contribution in [0.4, 0.5) is 0 Å². The summed E-state index contributed by atoms with van der Waals surface area (Å²) >= 11 is 0. The fraction of sp³-hybridized carbons (Fsp3) is 0.462. The maximum atomic E-state index is 11.5. The molecule has 0 radical (unpaired) electrons.